The number of nitrogens with zero attached hydrogens (tertiary/aromatic N) is 4. The van der Waals surface area contributed by atoms with Crippen molar-refractivity contribution >= 4 is 23.4 Å². The van der Waals surface area contributed by atoms with Crippen LogP contribution in [0.25, 0.3) is 0 Å². The summed E-state index contributed by atoms with van der Waals surface area (Å²) < 4.78 is 5.20. The Morgan fingerprint density at radius 1 is 1.71 bits per heavy atom. The molecule has 3 N–H and O–H groups in total. The molecule has 1 fully saturated rings. The van der Waals surface area contributed by atoms with E-state index in [0.29, 0.717) is 13.2 Å². The molecule has 2 heterocycles. The van der Waals surface area contributed by atoms with Crippen LogP contribution >= 0.6 is 0 Å². The lowest BCUT2D eigenvalue weighted by atomic mass is 10.2. The summed E-state index contributed by atoms with van der Waals surface area (Å²) in [6.07, 6.45) is 1.12. The maximum Gasteiger partial charge on any atom is 0.329 e. The van der Waals surface area contributed by atoms with E-state index in [2.05, 4.69) is 15.3 Å². The number of rotatable bonds is 5. The number of ether oxygens (including phenoxy) is 1. The van der Waals surface area contributed by atoms with E-state index in [4.69, 9.17) is 10.5 Å². The van der Waals surface area contributed by atoms with E-state index in [1.165, 1.54) is 4.90 Å². The first-order valence-corrected chi connectivity index (χ1v) is 6.43. The number of nitro groups is 1. The molecule has 0 saturated carbocycles. The molecule has 10 nitrogen and oxygen atoms in total. The van der Waals surface area contributed by atoms with Gasteiger partial charge >= 0.3 is 5.69 Å². The van der Waals surface area contributed by atoms with Crippen LogP contribution in [0.4, 0.5) is 17.5 Å². The van der Waals surface area contributed by atoms with Crippen LogP contribution < -0.4 is 16.0 Å². The lowest BCUT2D eigenvalue weighted by Crippen LogP contribution is -2.53. The second kappa shape index (κ2) is 6.31. The van der Waals surface area contributed by atoms with Gasteiger partial charge in [0.2, 0.25) is 17.7 Å². The standard InChI is InChI=1S/C11H16N6O4/c1-2-13-11-14-5-7(17(19)20)10(15-11)16-3-4-21-6-8(16)9(12)18/h5,8H,2-4,6H2,1H3,(H2,12,18)(H,13,14,15). The molecule has 0 spiro atoms. The molecule has 0 radical (unpaired) electrons. The number of nitrogens with one attached hydrogen (secondary N) is 1. The van der Waals surface area contributed by atoms with E-state index in [0.717, 1.165) is 6.20 Å². The van der Waals surface area contributed by atoms with Gasteiger partial charge in [0.25, 0.3) is 0 Å². The number of carbonyl (C=O) groups is 1. The molecule has 0 bridgehead atoms. The van der Waals surface area contributed by atoms with Gasteiger partial charge in [0, 0.05) is 13.1 Å². The third-order valence-electron chi connectivity index (χ3n) is 3.01. The van der Waals surface area contributed by atoms with Gasteiger partial charge in [-0.15, -0.1) is 0 Å². The molecule has 10 heteroatoms. The van der Waals surface area contributed by atoms with Crippen LogP contribution in [-0.2, 0) is 9.53 Å². The Morgan fingerprint density at radius 2 is 2.48 bits per heavy atom. The minimum absolute atomic E-state index is 0.0676. The molecule has 0 aromatic carbocycles. The minimum atomic E-state index is -0.790. The fourth-order valence-corrected chi connectivity index (χ4v) is 2.04. The monoisotopic (exact) mass is 296 g/mol. The maximum atomic E-state index is 11.5. The average Bonchev–Trinajstić information content (AvgIpc) is 2.47. The highest BCUT2D eigenvalue weighted by Crippen LogP contribution is 2.28. The van der Waals surface area contributed by atoms with Gasteiger partial charge in [0.15, 0.2) is 0 Å². The quantitative estimate of drug-likeness (QED) is 0.548. The van der Waals surface area contributed by atoms with Crippen molar-refractivity contribution in [1.29, 1.82) is 0 Å². The van der Waals surface area contributed by atoms with Crippen molar-refractivity contribution in [1.82, 2.24) is 9.97 Å². The summed E-state index contributed by atoms with van der Waals surface area (Å²) in [7, 11) is 0. The van der Waals surface area contributed by atoms with Gasteiger partial charge in [-0.1, -0.05) is 0 Å². The number of aromatic nitrogens is 2. The van der Waals surface area contributed by atoms with Crippen molar-refractivity contribution < 1.29 is 14.5 Å². The Hall–Kier alpha value is -2.49. The third-order valence-corrected chi connectivity index (χ3v) is 3.01. The smallest absolute Gasteiger partial charge is 0.329 e. The van der Waals surface area contributed by atoms with Crippen LogP contribution in [0.5, 0.6) is 0 Å². The minimum Gasteiger partial charge on any atom is -0.377 e. The molecule has 1 atom stereocenters. The molecule has 0 aliphatic carbocycles. The Labute approximate surface area is 120 Å². The fraction of sp³-hybridized carbons (Fsp3) is 0.545. The number of anilines is 2. The first kappa shape index (κ1) is 14.9. The second-order valence-electron chi connectivity index (χ2n) is 4.38. The van der Waals surface area contributed by atoms with Crippen LogP contribution in [-0.4, -0.2) is 53.1 Å². The van der Waals surface area contributed by atoms with Crippen molar-refractivity contribution in [3.05, 3.63) is 16.3 Å². The Bertz CT molecular complexity index is 552. The number of morpholine rings is 1. The largest absolute Gasteiger partial charge is 0.377 e. The molecule has 1 aromatic heterocycles. The summed E-state index contributed by atoms with van der Waals surface area (Å²) in [5, 5.41) is 14.0. The topological polar surface area (TPSA) is 137 Å². The molecule has 2 rings (SSSR count). The Balaban J connectivity index is 2.44. The molecule has 114 valence electrons. The SMILES string of the molecule is CCNc1ncc([N+](=O)[O-])c(N2CCOCC2C(N)=O)n1. The van der Waals surface area contributed by atoms with E-state index in [1.54, 1.807) is 0 Å². The zero-order valence-electron chi connectivity index (χ0n) is 11.5. The molecule has 1 aliphatic heterocycles. The van der Waals surface area contributed by atoms with E-state index in [9.17, 15) is 14.9 Å². The van der Waals surface area contributed by atoms with Crippen LogP contribution in [0.3, 0.4) is 0 Å². The molecule has 1 unspecified atom stereocenters. The highest BCUT2D eigenvalue weighted by Gasteiger charge is 2.33. The predicted octanol–water partition coefficient (Wildman–Crippen LogP) is -0.493. The van der Waals surface area contributed by atoms with E-state index >= 15 is 0 Å². The predicted molar refractivity (Wildman–Crippen MR) is 74.0 cm³/mol. The summed E-state index contributed by atoms with van der Waals surface area (Å²) in [4.78, 5) is 31.6. The number of carbonyl (C=O) groups excluding carboxylic acids is 1. The number of amides is 1. The van der Waals surface area contributed by atoms with Crippen LogP contribution in [0.2, 0.25) is 0 Å². The molecule has 1 aromatic rings. The molecule has 1 aliphatic rings. The van der Waals surface area contributed by atoms with Crippen molar-refractivity contribution in [2.45, 2.75) is 13.0 Å². The van der Waals surface area contributed by atoms with Crippen molar-refractivity contribution in [2.24, 2.45) is 5.73 Å². The summed E-state index contributed by atoms with van der Waals surface area (Å²) >= 11 is 0. The highest BCUT2D eigenvalue weighted by atomic mass is 16.6. The Morgan fingerprint density at radius 3 is 3.10 bits per heavy atom. The van der Waals surface area contributed by atoms with E-state index < -0.39 is 16.9 Å². The fourth-order valence-electron chi connectivity index (χ4n) is 2.04. The van der Waals surface area contributed by atoms with Gasteiger partial charge in [-0.25, -0.2) is 4.98 Å². The molecular weight excluding hydrogens is 280 g/mol. The van der Waals surface area contributed by atoms with Gasteiger partial charge in [0.05, 0.1) is 18.1 Å². The molecular formula is C11H16N6O4. The van der Waals surface area contributed by atoms with Crippen LogP contribution in [0.1, 0.15) is 6.92 Å². The molecule has 1 amide bonds. The van der Waals surface area contributed by atoms with Crippen molar-refractivity contribution in [3.63, 3.8) is 0 Å². The van der Waals surface area contributed by atoms with Gasteiger partial charge in [0.1, 0.15) is 12.2 Å². The third kappa shape index (κ3) is 3.16. The zero-order valence-corrected chi connectivity index (χ0v) is 11.5. The maximum absolute atomic E-state index is 11.5. The number of hydrogen-bond acceptors (Lipinski definition) is 8. The number of hydrogen-bond donors (Lipinski definition) is 2. The average molecular weight is 296 g/mol. The van der Waals surface area contributed by atoms with Crippen molar-refractivity contribution in [2.75, 3.05) is 36.5 Å². The van der Waals surface area contributed by atoms with E-state index in [1.807, 2.05) is 6.92 Å². The number of nitrogens with two attached hydrogens (primary N) is 1. The first-order chi connectivity index (χ1) is 10.0. The van der Waals surface area contributed by atoms with Crippen LogP contribution in [0, 0.1) is 10.1 Å². The molecule has 21 heavy (non-hydrogen) atoms. The highest BCUT2D eigenvalue weighted by molar-refractivity contribution is 5.84. The summed E-state index contributed by atoms with van der Waals surface area (Å²) in [6.45, 7) is 3.12. The number of primary amides is 1. The lowest BCUT2D eigenvalue weighted by molar-refractivity contribution is -0.384. The van der Waals surface area contributed by atoms with Crippen LogP contribution in [0.15, 0.2) is 6.20 Å². The van der Waals surface area contributed by atoms with Crippen molar-refractivity contribution in [3.8, 4) is 0 Å². The van der Waals surface area contributed by atoms with Gasteiger partial charge < -0.3 is 20.7 Å². The van der Waals surface area contributed by atoms with Gasteiger partial charge in [-0.3, -0.25) is 14.9 Å². The summed E-state index contributed by atoms with van der Waals surface area (Å²) in [5.74, 6) is -0.293. The van der Waals surface area contributed by atoms with Gasteiger partial charge in [-0.05, 0) is 6.92 Å². The zero-order chi connectivity index (χ0) is 15.4. The Kier molecular flexibility index (Phi) is 4.48. The van der Waals surface area contributed by atoms with Gasteiger partial charge in [-0.2, -0.15) is 4.98 Å². The molecule has 1 saturated heterocycles. The normalized spacial score (nSPS) is 18.3. The summed E-state index contributed by atoms with van der Waals surface area (Å²) in [6, 6.07) is -0.790. The lowest BCUT2D eigenvalue weighted by Gasteiger charge is -2.33. The summed E-state index contributed by atoms with van der Waals surface area (Å²) in [5.41, 5.74) is 5.06. The first-order valence-electron chi connectivity index (χ1n) is 6.43. The van der Waals surface area contributed by atoms with E-state index in [-0.39, 0.29) is 30.6 Å². The second-order valence-corrected chi connectivity index (χ2v) is 4.38.